The van der Waals surface area contributed by atoms with Crippen LogP contribution in [0.1, 0.15) is 117 Å². The van der Waals surface area contributed by atoms with Crippen molar-refractivity contribution in [1.82, 2.24) is 0 Å². The molecule has 0 heterocycles. The van der Waals surface area contributed by atoms with Crippen molar-refractivity contribution in [2.75, 3.05) is 13.2 Å². The van der Waals surface area contributed by atoms with Gasteiger partial charge in [-0.1, -0.05) is 148 Å². The van der Waals surface area contributed by atoms with Crippen LogP contribution in [0.5, 0.6) is 0 Å². The van der Waals surface area contributed by atoms with Gasteiger partial charge >= 0.3 is 11.9 Å². The van der Waals surface area contributed by atoms with Crippen molar-refractivity contribution in [3.63, 3.8) is 0 Å². The van der Waals surface area contributed by atoms with Crippen molar-refractivity contribution in [1.29, 1.82) is 0 Å². The summed E-state index contributed by atoms with van der Waals surface area (Å²) in [6, 6.07) is 0. The summed E-state index contributed by atoms with van der Waals surface area (Å²) in [5, 5.41) is 9.52. The van der Waals surface area contributed by atoms with Crippen LogP contribution in [0.2, 0.25) is 0 Å². The Hall–Kier alpha value is -3.96. The summed E-state index contributed by atoms with van der Waals surface area (Å²) in [4.78, 5) is 24.1. The van der Waals surface area contributed by atoms with Gasteiger partial charge < -0.3 is 14.6 Å². The molecule has 0 bridgehead atoms. The van der Waals surface area contributed by atoms with E-state index < -0.39 is 12.1 Å². The Morgan fingerprint density at radius 2 is 0.800 bits per heavy atom. The molecular weight excluding hydrogens is 620 g/mol. The Labute approximate surface area is 305 Å². The average molecular weight is 687 g/mol. The minimum absolute atomic E-state index is 0.138. The van der Waals surface area contributed by atoms with Gasteiger partial charge in [0.25, 0.3) is 0 Å². The van der Waals surface area contributed by atoms with Crippen molar-refractivity contribution >= 4 is 11.9 Å². The summed E-state index contributed by atoms with van der Waals surface area (Å²) in [6.07, 6.45) is 59.6. The predicted octanol–water partition coefficient (Wildman–Crippen LogP) is 11.8. The standard InChI is InChI=1S/C45H66O5/c1-3-5-7-9-11-13-15-17-18-19-20-21-22-23-24-25-26-28-30-32-34-36-38-40-45(48)50-43(41-46)42-49-44(47)39-37-35-33-31-29-27-16-14-12-10-8-6-4-2/h5-8,11-14,17-18,20-21,23-24,26-29,32-35,43,46H,3-4,9-10,15-16,19,22,25,30-31,36-42H2,1-2H3/b7-5-,8-6-,13-11-,14-12-,18-17-,21-20-,24-23-,28-26-,29-27-,34-32-,35-33-. The fourth-order valence-electron chi connectivity index (χ4n) is 4.20. The van der Waals surface area contributed by atoms with Gasteiger partial charge in [0.2, 0.25) is 0 Å². The van der Waals surface area contributed by atoms with E-state index in [2.05, 4.69) is 135 Å². The molecule has 276 valence electrons. The number of unbranched alkanes of at least 4 members (excludes halogenated alkanes) is 1. The van der Waals surface area contributed by atoms with Crippen molar-refractivity contribution in [2.45, 2.75) is 123 Å². The Morgan fingerprint density at radius 3 is 1.16 bits per heavy atom. The van der Waals surface area contributed by atoms with Gasteiger partial charge in [0.1, 0.15) is 6.61 Å². The van der Waals surface area contributed by atoms with Gasteiger partial charge in [-0.25, -0.2) is 0 Å². The third-order valence-electron chi connectivity index (χ3n) is 6.95. The summed E-state index contributed by atoms with van der Waals surface area (Å²) >= 11 is 0. The first-order valence-corrected chi connectivity index (χ1v) is 18.7. The van der Waals surface area contributed by atoms with E-state index in [1.165, 1.54) is 0 Å². The zero-order valence-electron chi connectivity index (χ0n) is 31.1. The summed E-state index contributed by atoms with van der Waals surface area (Å²) in [6.45, 7) is 3.75. The molecule has 0 radical (unpaired) electrons. The highest BCUT2D eigenvalue weighted by molar-refractivity contribution is 5.70. The topological polar surface area (TPSA) is 72.8 Å². The number of hydrogen-bond acceptors (Lipinski definition) is 5. The number of ether oxygens (including phenoxy) is 2. The van der Waals surface area contributed by atoms with Crippen molar-refractivity contribution in [3.05, 3.63) is 134 Å². The third kappa shape index (κ3) is 36.9. The molecule has 50 heavy (non-hydrogen) atoms. The monoisotopic (exact) mass is 686 g/mol. The van der Waals surface area contributed by atoms with Gasteiger partial charge in [0, 0.05) is 12.8 Å². The molecule has 0 aliphatic heterocycles. The number of carbonyl (C=O) groups excluding carboxylic acids is 2. The first kappa shape index (κ1) is 46.0. The minimum atomic E-state index is -0.840. The van der Waals surface area contributed by atoms with E-state index in [0.29, 0.717) is 12.8 Å². The van der Waals surface area contributed by atoms with Gasteiger partial charge in [0.15, 0.2) is 6.10 Å². The van der Waals surface area contributed by atoms with Gasteiger partial charge in [-0.05, 0) is 89.9 Å². The molecule has 0 amide bonds. The highest BCUT2D eigenvalue weighted by Gasteiger charge is 2.15. The van der Waals surface area contributed by atoms with Gasteiger partial charge in [-0.2, -0.15) is 0 Å². The van der Waals surface area contributed by atoms with E-state index in [1.54, 1.807) is 0 Å². The van der Waals surface area contributed by atoms with E-state index in [9.17, 15) is 14.7 Å². The number of rotatable bonds is 31. The van der Waals surface area contributed by atoms with Gasteiger partial charge in [0.05, 0.1) is 6.61 Å². The molecule has 0 aliphatic rings. The lowest BCUT2D eigenvalue weighted by Gasteiger charge is -2.15. The van der Waals surface area contributed by atoms with Crippen LogP contribution >= 0.6 is 0 Å². The molecule has 0 saturated carbocycles. The van der Waals surface area contributed by atoms with Crippen LogP contribution < -0.4 is 0 Å². The number of hydrogen-bond donors (Lipinski definition) is 1. The number of allylic oxidation sites excluding steroid dienone is 22. The molecule has 0 spiro atoms. The molecule has 1 unspecified atom stereocenters. The number of carbonyl (C=O) groups is 2. The van der Waals surface area contributed by atoms with Crippen LogP contribution in [-0.4, -0.2) is 36.4 Å². The number of aliphatic hydroxyl groups excluding tert-OH is 1. The van der Waals surface area contributed by atoms with E-state index in [1.807, 2.05) is 12.2 Å². The molecule has 0 fully saturated rings. The molecule has 0 aliphatic carbocycles. The first-order valence-electron chi connectivity index (χ1n) is 18.7. The SMILES string of the molecule is CC/C=C\C/C=C\C/C=C\C/C=C\C/C=C\C/C=C\C/C=C\CCCC(=O)OC(CO)COC(=O)CC/C=C\C/C=C\C/C=C\C/C=C\CC. The quantitative estimate of drug-likeness (QED) is 0.0446. The molecule has 1 N–H and O–H groups in total. The van der Waals surface area contributed by atoms with Crippen LogP contribution in [0.25, 0.3) is 0 Å². The lowest BCUT2D eigenvalue weighted by atomic mass is 10.2. The Balaban J connectivity index is 3.84. The van der Waals surface area contributed by atoms with Crippen LogP contribution in [0.3, 0.4) is 0 Å². The lowest BCUT2D eigenvalue weighted by Crippen LogP contribution is -2.28. The second kappa shape index (κ2) is 39.5. The fourth-order valence-corrected chi connectivity index (χ4v) is 4.20. The smallest absolute Gasteiger partial charge is 0.306 e. The molecule has 0 saturated heterocycles. The van der Waals surface area contributed by atoms with Gasteiger partial charge in [-0.3, -0.25) is 9.59 Å². The summed E-state index contributed by atoms with van der Waals surface area (Å²) in [5.74, 6) is -0.774. The van der Waals surface area contributed by atoms with Crippen LogP contribution in [0.4, 0.5) is 0 Å². The van der Waals surface area contributed by atoms with Crippen LogP contribution in [0, 0.1) is 0 Å². The molecule has 1 atom stereocenters. The Bertz CT molecular complexity index is 1140. The molecule has 5 nitrogen and oxygen atoms in total. The second-order valence-corrected chi connectivity index (χ2v) is 11.5. The van der Waals surface area contributed by atoms with E-state index in [4.69, 9.17) is 9.47 Å². The van der Waals surface area contributed by atoms with E-state index in [0.717, 1.165) is 77.0 Å². The summed E-state index contributed by atoms with van der Waals surface area (Å²) in [7, 11) is 0. The molecule has 0 aromatic carbocycles. The largest absolute Gasteiger partial charge is 0.462 e. The highest BCUT2D eigenvalue weighted by Crippen LogP contribution is 2.05. The lowest BCUT2D eigenvalue weighted by molar-refractivity contribution is -0.161. The number of aliphatic hydroxyl groups is 1. The molecule has 0 aromatic heterocycles. The molecule has 0 rings (SSSR count). The second-order valence-electron chi connectivity index (χ2n) is 11.5. The summed E-state index contributed by atoms with van der Waals surface area (Å²) in [5.41, 5.74) is 0. The van der Waals surface area contributed by atoms with Crippen LogP contribution in [-0.2, 0) is 19.1 Å². The maximum Gasteiger partial charge on any atom is 0.306 e. The van der Waals surface area contributed by atoms with Crippen molar-refractivity contribution in [3.8, 4) is 0 Å². The van der Waals surface area contributed by atoms with Crippen molar-refractivity contribution < 1.29 is 24.2 Å². The molecule has 0 aromatic rings. The molecule has 5 heteroatoms. The number of esters is 2. The third-order valence-corrected chi connectivity index (χ3v) is 6.95. The predicted molar refractivity (Wildman–Crippen MR) is 214 cm³/mol. The first-order chi connectivity index (χ1) is 24.6. The van der Waals surface area contributed by atoms with Crippen molar-refractivity contribution in [2.24, 2.45) is 0 Å². The zero-order valence-corrected chi connectivity index (χ0v) is 31.1. The average Bonchev–Trinajstić information content (AvgIpc) is 3.12. The minimum Gasteiger partial charge on any atom is -0.462 e. The maximum atomic E-state index is 12.1. The highest BCUT2D eigenvalue weighted by atomic mass is 16.6. The normalized spacial score (nSPS) is 13.7. The van der Waals surface area contributed by atoms with E-state index in [-0.39, 0.29) is 32.0 Å². The zero-order chi connectivity index (χ0) is 36.4. The van der Waals surface area contributed by atoms with Gasteiger partial charge in [-0.15, -0.1) is 0 Å². The van der Waals surface area contributed by atoms with Crippen LogP contribution in [0.15, 0.2) is 134 Å². The molecular formula is C45H66O5. The Morgan fingerprint density at radius 1 is 0.460 bits per heavy atom. The fraction of sp³-hybridized carbons (Fsp3) is 0.467. The Kier molecular flexibility index (Phi) is 36.4. The maximum absolute atomic E-state index is 12.1. The summed E-state index contributed by atoms with van der Waals surface area (Å²) < 4.78 is 10.5. The van der Waals surface area contributed by atoms with E-state index >= 15 is 0 Å².